The molecule has 0 bridgehead atoms. The SMILES string of the molecule is COC(=O)C(OC(=O)c1ccccc1)C(CC1CCCCC1)NC(=O)OC(C)(C)C. The molecule has 0 aliphatic heterocycles. The van der Waals surface area contributed by atoms with E-state index in [2.05, 4.69) is 5.32 Å². The topological polar surface area (TPSA) is 90.9 Å². The first-order valence-electron chi connectivity index (χ1n) is 10.5. The van der Waals surface area contributed by atoms with Gasteiger partial charge in [-0.3, -0.25) is 0 Å². The number of hydrogen-bond donors (Lipinski definition) is 1. The second-order valence-corrected chi connectivity index (χ2v) is 8.71. The molecule has 1 aromatic carbocycles. The van der Waals surface area contributed by atoms with Crippen LogP contribution >= 0.6 is 0 Å². The van der Waals surface area contributed by atoms with Crippen molar-refractivity contribution in [3.8, 4) is 0 Å². The van der Waals surface area contributed by atoms with E-state index < -0.39 is 35.8 Å². The van der Waals surface area contributed by atoms with Crippen LogP contribution in [0.15, 0.2) is 30.3 Å². The molecule has 166 valence electrons. The molecule has 1 aliphatic rings. The third kappa shape index (κ3) is 7.69. The minimum Gasteiger partial charge on any atom is -0.466 e. The van der Waals surface area contributed by atoms with Crippen molar-refractivity contribution in [1.29, 1.82) is 0 Å². The van der Waals surface area contributed by atoms with Gasteiger partial charge in [0.1, 0.15) is 5.60 Å². The third-order valence-electron chi connectivity index (χ3n) is 5.06. The molecule has 0 radical (unpaired) electrons. The standard InChI is InChI=1S/C23H33NO6/c1-23(2,3)30-22(27)24-18(15-16-11-7-5-8-12-16)19(21(26)28-4)29-20(25)17-13-9-6-10-14-17/h6,9-10,13-14,16,18-19H,5,7-8,11-12,15H2,1-4H3,(H,24,27). The summed E-state index contributed by atoms with van der Waals surface area (Å²) < 4.78 is 15.8. The van der Waals surface area contributed by atoms with Crippen LogP contribution in [0, 0.1) is 5.92 Å². The van der Waals surface area contributed by atoms with Crippen molar-refractivity contribution < 1.29 is 28.6 Å². The monoisotopic (exact) mass is 419 g/mol. The molecule has 0 aromatic heterocycles. The Balaban J connectivity index is 2.22. The van der Waals surface area contributed by atoms with E-state index in [-0.39, 0.29) is 0 Å². The van der Waals surface area contributed by atoms with Crippen molar-refractivity contribution in [1.82, 2.24) is 5.32 Å². The molecule has 1 aliphatic carbocycles. The molecule has 7 nitrogen and oxygen atoms in total. The molecule has 1 aromatic rings. The number of carbonyl (C=O) groups is 3. The van der Waals surface area contributed by atoms with Crippen LogP contribution < -0.4 is 5.32 Å². The fourth-order valence-corrected chi connectivity index (χ4v) is 3.67. The van der Waals surface area contributed by atoms with E-state index in [0.717, 1.165) is 25.7 Å². The fraction of sp³-hybridized carbons (Fsp3) is 0.609. The molecule has 30 heavy (non-hydrogen) atoms. The fourth-order valence-electron chi connectivity index (χ4n) is 3.67. The van der Waals surface area contributed by atoms with Gasteiger partial charge in [-0.25, -0.2) is 14.4 Å². The number of carbonyl (C=O) groups excluding carboxylic acids is 3. The van der Waals surface area contributed by atoms with Gasteiger partial charge in [0.15, 0.2) is 0 Å². The van der Waals surface area contributed by atoms with E-state index in [4.69, 9.17) is 14.2 Å². The van der Waals surface area contributed by atoms with Gasteiger partial charge in [-0.2, -0.15) is 0 Å². The summed E-state index contributed by atoms with van der Waals surface area (Å²) in [6, 6.07) is 7.67. The molecular weight excluding hydrogens is 386 g/mol. The predicted octanol–water partition coefficient (Wildman–Crippen LogP) is 4.25. The van der Waals surface area contributed by atoms with Crippen LogP contribution in [0.4, 0.5) is 4.79 Å². The number of esters is 2. The molecule has 0 heterocycles. The molecular formula is C23H33NO6. The van der Waals surface area contributed by atoms with Gasteiger partial charge in [0.05, 0.1) is 18.7 Å². The van der Waals surface area contributed by atoms with Gasteiger partial charge >= 0.3 is 18.0 Å². The lowest BCUT2D eigenvalue weighted by atomic mass is 9.83. The van der Waals surface area contributed by atoms with Crippen molar-refractivity contribution in [2.45, 2.75) is 77.0 Å². The van der Waals surface area contributed by atoms with Gasteiger partial charge in [-0.15, -0.1) is 0 Å². The maximum Gasteiger partial charge on any atom is 0.408 e. The second kappa shape index (κ2) is 11.0. The number of ether oxygens (including phenoxy) is 3. The largest absolute Gasteiger partial charge is 0.466 e. The predicted molar refractivity (Wildman–Crippen MR) is 112 cm³/mol. The third-order valence-corrected chi connectivity index (χ3v) is 5.06. The van der Waals surface area contributed by atoms with Gasteiger partial charge < -0.3 is 19.5 Å². The Hall–Kier alpha value is -2.57. The summed E-state index contributed by atoms with van der Waals surface area (Å²) in [6.07, 6.45) is 3.99. The van der Waals surface area contributed by atoms with Gasteiger partial charge in [-0.1, -0.05) is 50.3 Å². The van der Waals surface area contributed by atoms with E-state index in [9.17, 15) is 14.4 Å². The van der Waals surface area contributed by atoms with E-state index in [1.807, 2.05) is 0 Å². The molecule has 2 atom stereocenters. The molecule has 2 unspecified atom stereocenters. The van der Waals surface area contributed by atoms with Gasteiger partial charge in [0.25, 0.3) is 0 Å². The zero-order valence-electron chi connectivity index (χ0n) is 18.3. The quantitative estimate of drug-likeness (QED) is 0.525. The zero-order valence-corrected chi connectivity index (χ0v) is 18.3. The van der Waals surface area contributed by atoms with Crippen molar-refractivity contribution in [2.75, 3.05) is 7.11 Å². The van der Waals surface area contributed by atoms with Crippen molar-refractivity contribution >= 4 is 18.0 Å². The highest BCUT2D eigenvalue weighted by Gasteiger charge is 2.37. The Labute approximate surface area is 178 Å². The van der Waals surface area contributed by atoms with Crippen molar-refractivity contribution in [3.05, 3.63) is 35.9 Å². The summed E-state index contributed by atoms with van der Waals surface area (Å²) in [5.41, 5.74) is -0.374. The molecule has 0 spiro atoms. The summed E-state index contributed by atoms with van der Waals surface area (Å²) in [7, 11) is 1.23. The highest BCUT2D eigenvalue weighted by Crippen LogP contribution is 2.29. The lowest BCUT2D eigenvalue weighted by Gasteiger charge is -2.31. The number of hydrogen-bond acceptors (Lipinski definition) is 6. The molecule has 1 amide bonds. The summed E-state index contributed by atoms with van der Waals surface area (Å²) in [5, 5.41) is 2.75. The second-order valence-electron chi connectivity index (χ2n) is 8.71. The highest BCUT2D eigenvalue weighted by atomic mass is 16.6. The van der Waals surface area contributed by atoms with Crippen LogP contribution in [0.3, 0.4) is 0 Å². The van der Waals surface area contributed by atoms with Crippen LogP contribution in [-0.4, -0.2) is 42.9 Å². The number of rotatable bonds is 7. The maximum absolute atomic E-state index is 12.6. The Bertz CT molecular complexity index is 706. The Morgan fingerprint density at radius 3 is 2.27 bits per heavy atom. The summed E-state index contributed by atoms with van der Waals surface area (Å²) >= 11 is 0. The molecule has 1 fully saturated rings. The summed E-state index contributed by atoms with van der Waals surface area (Å²) in [4.78, 5) is 37.6. The Kier molecular flexibility index (Phi) is 8.69. The smallest absolute Gasteiger partial charge is 0.408 e. The van der Waals surface area contributed by atoms with E-state index in [0.29, 0.717) is 17.9 Å². The van der Waals surface area contributed by atoms with Crippen LogP contribution in [0.25, 0.3) is 0 Å². The number of amides is 1. The van der Waals surface area contributed by atoms with Gasteiger partial charge in [-0.05, 0) is 45.2 Å². The minimum atomic E-state index is -1.27. The molecule has 7 heteroatoms. The van der Waals surface area contributed by atoms with E-state index >= 15 is 0 Å². The summed E-state index contributed by atoms with van der Waals surface area (Å²) in [6.45, 7) is 5.28. The van der Waals surface area contributed by atoms with Crippen LogP contribution in [0.2, 0.25) is 0 Å². The first kappa shape index (κ1) is 23.7. The number of nitrogens with one attached hydrogen (secondary N) is 1. The minimum absolute atomic E-state index is 0.320. The first-order valence-corrected chi connectivity index (χ1v) is 10.5. The Morgan fingerprint density at radius 1 is 1.07 bits per heavy atom. The number of alkyl carbamates (subject to hydrolysis) is 1. The van der Waals surface area contributed by atoms with E-state index in [1.165, 1.54) is 13.5 Å². The van der Waals surface area contributed by atoms with Gasteiger partial charge in [0.2, 0.25) is 6.10 Å². The van der Waals surface area contributed by atoms with E-state index in [1.54, 1.807) is 51.1 Å². The van der Waals surface area contributed by atoms with Crippen LogP contribution in [0.5, 0.6) is 0 Å². The first-order chi connectivity index (χ1) is 14.2. The van der Waals surface area contributed by atoms with Crippen LogP contribution in [-0.2, 0) is 19.0 Å². The lowest BCUT2D eigenvalue weighted by Crippen LogP contribution is -2.51. The highest BCUT2D eigenvalue weighted by molar-refractivity contribution is 5.91. The molecule has 0 saturated heterocycles. The average molecular weight is 420 g/mol. The average Bonchev–Trinajstić information content (AvgIpc) is 2.71. The van der Waals surface area contributed by atoms with Crippen molar-refractivity contribution in [3.63, 3.8) is 0 Å². The molecule has 1 saturated carbocycles. The summed E-state index contributed by atoms with van der Waals surface area (Å²) in [5.74, 6) is -1.04. The van der Waals surface area contributed by atoms with Gasteiger partial charge in [0, 0.05) is 0 Å². The Morgan fingerprint density at radius 2 is 1.70 bits per heavy atom. The van der Waals surface area contributed by atoms with Crippen LogP contribution in [0.1, 0.15) is 69.7 Å². The molecule has 1 N–H and O–H groups in total. The zero-order chi connectivity index (χ0) is 22.1. The molecule has 2 rings (SSSR count). The lowest BCUT2D eigenvalue weighted by molar-refractivity contribution is -0.152. The van der Waals surface area contributed by atoms with Crippen molar-refractivity contribution in [2.24, 2.45) is 5.92 Å². The number of methoxy groups -OCH3 is 1. The maximum atomic E-state index is 12.6. The normalized spacial score (nSPS) is 16.8. The number of benzene rings is 1.